The van der Waals surface area contributed by atoms with Crippen molar-refractivity contribution in [1.82, 2.24) is 19.9 Å². The fraction of sp³-hybridized carbons (Fsp3) is 0.136. The van der Waals surface area contributed by atoms with E-state index in [2.05, 4.69) is 15.4 Å². The predicted molar refractivity (Wildman–Crippen MR) is 105 cm³/mol. The molecule has 0 aliphatic rings. The van der Waals surface area contributed by atoms with Gasteiger partial charge in [-0.25, -0.2) is 18.3 Å². The number of nitrogens with one attached hydrogen (secondary N) is 1. The van der Waals surface area contributed by atoms with Crippen LogP contribution in [0, 0.1) is 11.6 Å². The lowest BCUT2D eigenvalue weighted by atomic mass is 10.1. The molecule has 1 N–H and O–H groups in total. The van der Waals surface area contributed by atoms with Gasteiger partial charge in [-0.15, -0.1) is 0 Å². The lowest BCUT2D eigenvalue weighted by Gasteiger charge is -2.14. The van der Waals surface area contributed by atoms with Crippen LogP contribution in [0.5, 0.6) is 0 Å². The molecule has 0 radical (unpaired) electrons. The average Bonchev–Trinajstić information content (AvgIpc) is 3.16. The van der Waals surface area contributed by atoms with Crippen LogP contribution in [0.25, 0.3) is 16.9 Å². The van der Waals surface area contributed by atoms with Gasteiger partial charge in [0.25, 0.3) is 5.91 Å². The van der Waals surface area contributed by atoms with Crippen molar-refractivity contribution in [1.29, 1.82) is 0 Å². The number of nitrogens with zero attached hydrogens (tertiary/aromatic N) is 3. The molecule has 0 aliphatic heterocycles. The maximum absolute atomic E-state index is 13.9. The van der Waals surface area contributed by atoms with E-state index >= 15 is 0 Å². The normalized spacial score (nSPS) is 12.1. The molecule has 0 saturated carbocycles. The number of rotatable bonds is 5. The minimum absolute atomic E-state index is 0.0339. The van der Waals surface area contributed by atoms with Gasteiger partial charge in [0.05, 0.1) is 11.9 Å². The Hall–Kier alpha value is -3.61. The number of aromatic nitrogens is 3. The zero-order valence-corrected chi connectivity index (χ0v) is 15.6. The summed E-state index contributed by atoms with van der Waals surface area (Å²) in [7, 11) is 0. The Balaban J connectivity index is 1.58. The van der Waals surface area contributed by atoms with Crippen LogP contribution in [0.4, 0.5) is 8.78 Å². The molecule has 1 amide bonds. The number of fused-ring (bicyclic) bond motifs is 1. The smallest absolute Gasteiger partial charge is 0.256 e. The Morgan fingerprint density at radius 2 is 1.79 bits per heavy atom. The summed E-state index contributed by atoms with van der Waals surface area (Å²) >= 11 is 0. The molecule has 0 fully saturated rings. The highest BCUT2D eigenvalue weighted by molar-refractivity contribution is 6.00. The number of halogens is 2. The maximum Gasteiger partial charge on any atom is 0.256 e. The molecular formula is C22H18F2N4O. The Kier molecular flexibility index (Phi) is 5.03. The van der Waals surface area contributed by atoms with Gasteiger partial charge < -0.3 is 5.32 Å². The predicted octanol–water partition coefficient (Wildman–Crippen LogP) is 4.04. The monoisotopic (exact) mass is 392 g/mol. The molecule has 2 heterocycles. The molecule has 4 aromatic rings. The molecule has 0 bridgehead atoms. The molecule has 2 aromatic heterocycles. The van der Waals surface area contributed by atoms with Gasteiger partial charge in [-0.1, -0.05) is 36.4 Å². The van der Waals surface area contributed by atoms with Crippen LogP contribution in [0.1, 0.15) is 22.8 Å². The van der Waals surface area contributed by atoms with Gasteiger partial charge in [0.15, 0.2) is 5.65 Å². The number of hydrogen-bond acceptors (Lipinski definition) is 3. The second kappa shape index (κ2) is 7.79. The average molecular weight is 392 g/mol. The minimum Gasteiger partial charge on any atom is -0.349 e. The molecule has 0 saturated heterocycles. The number of carbonyl (C=O) groups excluding carboxylic acids is 1. The molecule has 5 nitrogen and oxygen atoms in total. The number of carbonyl (C=O) groups is 1. The van der Waals surface area contributed by atoms with Crippen LogP contribution >= 0.6 is 0 Å². The van der Waals surface area contributed by atoms with E-state index in [1.165, 1.54) is 24.4 Å². The summed E-state index contributed by atoms with van der Waals surface area (Å²) in [4.78, 5) is 17.0. The highest BCUT2D eigenvalue weighted by Gasteiger charge is 2.19. The first kappa shape index (κ1) is 18.7. The third-order valence-electron chi connectivity index (χ3n) is 4.66. The third-order valence-corrected chi connectivity index (χ3v) is 4.66. The van der Waals surface area contributed by atoms with E-state index in [-0.39, 0.29) is 12.0 Å². The highest BCUT2D eigenvalue weighted by Crippen LogP contribution is 2.21. The quantitative estimate of drug-likeness (QED) is 0.558. The van der Waals surface area contributed by atoms with Crippen LogP contribution in [0.3, 0.4) is 0 Å². The van der Waals surface area contributed by atoms with Crippen LogP contribution < -0.4 is 5.32 Å². The van der Waals surface area contributed by atoms with Crippen molar-refractivity contribution in [2.45, 2.75) is 19.4 Å². The summed E-state index contributed by atoms with van der Waals surface area (Å²) in [5.74, 6) is -1.66. The topological polar surface area (TPSA) is 59.3 Å². The van der Waals surface area contributed by atoms with Gasteiger partial charge in [-0.3, -0.25) is 4.79 Å². The molecule has 4 rings (SSSR count). The second-order valence-electron chi connectivity index (χ2n) is 6.77. The minimum atomic E-state index is -0.628. The Bertz CT molecular complexity index is 1150. The van der Waals surface area contributed by atoms with Crippen LogP contribution in [0.15, 0.2) is 67.0 Å². The van der Waals surface area contributed by atoms with E-state index in [4.69, 9.17) is 0 Å². The van der Waals surface area contributed by atoms with Crippen molar-refractivity contribution in [3.8, 4) is 11.3 Å². The number of hydrogen-bond donors (Lipinski definition) is 1. The summed E-state index contributed by atoms with van der Waals surface area (Å²) in [5.41, 5.74) is 2.40. The Morgan fingerprint density at radius 3 is 2.52 bits per heavy atom. The first-order chi connectivity index (χ1) is 14.0. The van der Waals surface area contributed by atoms with Crippen molar-refractivity contribution >= 4 is 11.6 Å². The molecule has 1 atom stereocenters. The highest BCUT2D eigenvalue weighted by atomic mass is 19.1. The zero-order chi connectivity index (χ0) is 20.4. The first-order valence-electron chi connectivity index (χ1n) is 9.16. The molecule has 0 spiro atoms. The van der Waals surface area contributed by atoms with Crippen LogP contribution in [0.2, 0.25) is 0 Å². The van der Waals surface area contributed by atoms with E-state index in [1.54, 1.807) is 17.6 Å². The van der Waals surface area contributed by atoms with Crippen LogP contribution in [-0.2, 0) is 6.42 Å². The zero-order valence-electron chi connectivity index (χ0n) is 15.6. The Morgan fingerprint density at radius 1 is 1.07 bits per heavy atom. The molecule has 2 aromatic carbocycles. The van der Waals surface area contributed by atoms with E-state index in [0.29, 0.717) is 11.2 Å². The number of benzene rings is 2. The first-order valence-corrected chi connectivity index (χ1v) is 9.16. The third kappa shape index (κ3) is 3.71. The summed E-state index contributed by atoms with van der Waals surface area (Å²) in [6.45, 7) is 1.69. The summed E-state index contributed by atoms with van der Waals surface area (Å²) in [6.07, 6.45) is 3.10. The van der Waals surface area contributed by atoms with Crippen molar-refractivity contribution in [3.05, 3.63) is 89.8 Å². The standard InChI is InChI=1S/C22H18F2N4O/c1-14(12-16-18(23)8-5-9-19(16)24)27-22(29)17-13-26-28-20(10-11-25-21(17)28)15-6-3-2-4-7-15/h2-11,13-14H,12H2,1H3,(H,27,29). The largest absolute Gasteiger partial charge is 0.349 e. The summed E-state index contributed by atoms with van der Waals surface area (Å²) in [6, 6.07) is 14.7. The van der Waals surface area contributed by atoms with E-state index in [1.807, 2.05) is 36.4 Å². The fourth-order valence-electron chi connectivity index (χ4n) is 3.27. The van der Waals surface area contributed by atoms with Gasteiger partial charge in [0, 0.05) is 23.4 Å². The second-order valence-corrected chi connectivity index (χ2v) is 6.77. The molecule has 7 heteroatoms. The van der Waals surface area contributed by atoms with Gasteiger partial charge in [-0.2, -0.15) is 5.10 Å². The van der Waals surface area contributed by atoms with Crippen molar-refractivity contribution in [2.75, 3.05) is 0 Å². The van der Waals surface area contributed by atoms with E-state index in [0.717, 1.165) is 11.3 Å². The van der Waals surface area contributed by atoms with Crippen molar-refractivity contribution in [3.63, 3.8) is 0 Å². The van der Waals surface area contributed by atoms with Crippen molar-refractivity contribution < 1.29 is 13.6 Å². The summed E-state index contributed by atoms with van der Waals surface area (Å²) < 4.78 is 29.3. The molecular weight excluding hydrogens is 374 g/mol. The SMILES string of the molecule is CC(Cc1c(F)cccc1F)NC(=O)c1cnn2c(-c3ccccc3)ccnc12. The number of amides is 1. The van der Waals surface area contributed by atoms with Gasteiger partial charge in [-0.05, 0) is 31.5 Å². The van der Waals surface area contributed by atoms with Gasteiger partial charge >= 0.3 is 0 Å². The van der Waals surface area contributed by atoms with Crippen molar-refractivity contribution in [2.24, 2.45) is 0 Å². The lowest BCUT2D eigenvalue weighted by Crippen LogP contribution is -2.34. The molecule has 0 aliphatic carbocycles. The molecule has 146 valence electrons. The van der Waals surface area contributed by atoms with Gasteiger partial charge in [0.1, 0.15) is 17.2 Å². The van der Waals surface area contributed by atoms with Crippen LogP contribution in [-0.4, -0.2) is 26.5 Å². The lowest BCUT2D eigenvalue weighted by molar-refractivity contribution is 0.0941. The van der Waals surface area contributed by atoms with E-state index in [9.17, 15) is 13.6 Å². The Labute approximate surface area is 166 Å². The summed E-state index contributed by atoms with van der Waals surface area (Å²) in [5, 5.41) is 7.08. The molecule has 29 heavy (non-hydrogen) atoms. The van der Waals surface area contributed by atoms with Gasteiger partial charge in [0.2, 0.25) is 0 Å². The molecule has 1 unspecified atom stereocenters. The fourth-order valence-corrected chi connectivity index (χ4v) is 3.27. The maximum atomic E-state index is 13.9. The van der Waals surface area contributed by atoms with E-state index < -0.39 is 23.6 Å².